The quantitative estimate of drug-likeness (QED) is 0.847. The van der Waals surface area contributed by atoms with Crippen LogP contribution in [0.2, 0.25) is 0 Å². The van der Waals surface area contributed by atoms with Crippen molar-refractivity contribution in [3.8, 4) is 0 Å². The van der Waals surface area contributed by atoms with Gasteiger partial charge in [0, 0.05) is 38.3 Å². The number of hydrogen-bond acceptors (Lipinski definition) is 3. The van der Waals surface area contributed by atoms with Crippen LogP contribution in [0.25, 0.3) is 0 Å². The molecule has 130 valence electrons. The smallest absolute Gasteiger partial charge is 0.242 e. The van der Waals surface area contributed by atoms with Gasteiger partial charge >= 0.3 is 0 Å². The Morgan fingerprint density at radius 3 is 2.58 bits per heavy atom. The molecule has 2 heterocycles. The van der Waals surface area contributed by atoms with Crippen molar-refractivity contribution < 1.29 is 9.59 Å². The fourth-order valence-corrected chi connectivity index (χ4v) is 3.63. The van der Waals surface area contributed by atoms with Crippen LogP contribution in [-0.4, -0.2) is 60.9 Å². The number of rotatable bonds is 4. The highest BCUT2D eigenvalue weighted by Crippen LogP contribution is 2.26. The zero-order chi connectivity index (χ0) is 16.9. The van der Waals surface area contributed by atoms with Gasteiger partial charge in [0.2, 0.25) is 11.8 Å². The molecule has 0 bridgehead atoms. The van der Waals surface area contributed by atoms with E-state index in [1.807, 2.05) is 23.1 Å². The number of hydrogen-bond donors (Lipinski definition) is 0. The van der Waals surface area contributed by atoms with Crippen molar-refractivity contribution in [1.82, 2.24) is 9.80 Å². The fourth-order valence-electron chi connectivity index (χ4n) is 3.63. The number of carbonyl (C=O) groups is 2. The summed E-state index contributed by atoms with van der Waals surface area (Å²) in [7, 11) is 0. The second-order valence-corrected chi connectivity index (χ2v) is 6.68. The molecular weight excluding hydrogens is 302 g/mol. The highest BCUT2D eigenvalue weighted by molar-refractivity contribution is 5.99. The molecule has 5 nitrogen and oxygen atoms in total. The van der Waals surface area contributed by atoms with E-state index in [0.29, 0.717) is 6.42 Å². The first kappa shape index (κ1) is 17.0. The molecule has 2 aliphatic heterocycles. The van der Waals surface area contributed by atoms with Gasteiger partial charge < -0.3 is 9.80 Å². The van der Waals surface area contributed by atoms with Gasteiger partial charge in [0.25, 0.3) is 0 Å². The van der Waals surface area contributed by atoms with Crippen molar-refractivity contribution in [3.05, 3.63) is 29.8 Å². The molecule has 0 N–H and O–H groups in total. The molecule has 24 heavy (non-hydrogen) atoms. The molecule has 3 rings (SSSR count). The van der Waals surface area contributed by atoms with Crippen molar-refractivity contribution in [2.45, 2.75) is 32.6 Å². The van der Waals surface area contributed by atoms with Crippen molar-refractivity contribution >= 4 is 17.5 Å². The minimum Gasteiger partial charge on any atom is -0.339 e. The summed E-state index contributed by atoms with van der Waals surface area (Å²) in [6, 6.07) is 7.97. The Hall–Kier alpha value is -1.88. The summed E-state index contributed by atoms with van der Waals surface area (Å²) in [4.78, 5) is 31.2. The van der Waals surface area contributed by atoms with E-state index in [1.165, 1.54) is 5.56 Å². The lowest BCUT2D eigenvalue weighted by Gasteiger charge is -2.35. The van der Waals surface area contributed by atoms with Gasteiger partial charge in [0.1, 0.15) is 6.54 Å². The van der Waals surface area contributed by atoms with Crippen LogP contribution in [0, 0.1) is 0 Å². The van der Waals surface area contributed by atoms with Crippen LogP contribution >= 0.6 is 0 Å². The van der Waals surface area contributed by atoms with E-state index in [-0.39, 0.29) is 18.4 Å². The molecule has 0 saturated carbocycles. The van der Waals surface area contributed by atoms with Gasteiger partial charge in [-0.1, -0.05) is 25.1 Å². The largest absolute Gasteiger partial charge is 0.339 e. The summed E-state index contributed by atoms with van der Waals surface area (Å²) in [6.07, 6.45) is 3.43. The van der Waals surface area contributed by atoms with Crippen molar-refractivity contribution in [3.63, 3.8) is 0 Å². The summed E-state index contributed by atoms with van der Waals surface area (Å²) in [5, 5.41) is 0. The van der Waals surface area contributed by atoms with Crippen LogP contribution in [0.3, 0.4) is 0 Å². The van der Waals surface area contributed by atoms with Gasteiger partial charge in [-0.25, -0.2) is 0 Å². The minimum atomic E-state index is 0.0659. The highest BCUT2D eigenvalue weighted by Gasteiger charge is 2.27. The average Bonchev–Trinajstić information content (AvgIpc) is 2.75. The zero-order valence-corrected chi connectivity index (χ0v) is 14.5. The third-order valence-corrected chi connectivity index (χ3v) is 4.98. The molecule has 2 amide bonds. The maximum absolute atomic E-state index is 12.7. The number of aryl methyl sites for hydroxylation is 1. The molecule has 1 saturated heterocycles. The zero-order valence-electron chi connectivity index (χ0n) is 14.5. The maximum atomic E-state index is 12.7. The molecule has 1 aromatic carbocycles. The molecule has 0 atom stereocenters. The van der Waals surface area contributed by atoms with Crippen molar-refractivity contribution in [1.29, 1.82) is 0 Å². The summed E-state index contributed by atoms with van der Waals surface area (Å²) >= 11 is 0. The molecule has 1 aromatic rings. The second-order valence-electron chi connectivity index (χ2n) is 6.68. The fraction of sp³-hybridized carbons (Fsp3) is 0.579. The molecule has 0 unspecified atom stereocenters. The van der Waals surface area contributed by atoms with E-state index in [0.717, 1.165) is 57.7 Å². The number of piperazine rings is 1. The molecule has 5 heteroatoms. The van der Waals surface area contributed by atoms with E-state index in [2.05, 4.69) is 17.9 Å². The highest BCUT2D eigenvalue weighted by atomic mass is 16.2. The van der Waals surface area contributed by atoms with Gasteiger partial charge in [-0.15, -0.1) is 0 Å². The molecule has 0 radical (unpaired) electrons. The summed E-state index contributed by atoms with van der Waals surface area (Å²) in [5.74, 6) is 0.133. The van der Waals surface area contributed by atoms with Crippen LogP contribution in [-0.2, 0) is 16.0 Å². The maximum Gasteiger partial charge on any atom is 0.242 e. The second kappa shape index (κ2) is 7.79. The topological polar surface area (TPSA) is 43.9 Å². The number of amides is 2. The lowest BCUT2D eigenvalue weighted by atomic mass is 10.1. The lowest BCUT2D eigenvalue weighted by Crippen LogP contribution is -2.51. The third kappa shape index (κ3) is 3.78. The number of nitrogens with zero attached hydrogens (tertiary/aromatic N) is 3. The number of para-hydroxylation sites is 1. The monoisotopic (exact) mass is 329 g/mol. The third-order valence-electron chi connectivity index (χ3n) is 4.98. The van der Waals surface area contributed by atoms with Gasteiger partial charge in [-0.3, -0.25) is 14.5 Å². The van der Waals surface area contributed by atoms with Crippen molar-refractivity contribution in [2.24, 2.45) is 0 Å². The van der Waals surface area contributed by atoms with Crippen molar-refractivity contribution in [2.75, 3.05) is 44.2 Å². The predicted octanol–water partition coefficient (Wildman–Crippen LogP) is 1.91. The minimum absolute atomic E-state index is 0.0659. The SMILES string of the molecule is CCCN1CCN(C(=O)CN2C(=O)CCCc3ccccc32)CC1. The Morgan fingerprint density at radius 1 is 1.08 bits per heavy atom. The first-order valence-electron chi connectivity index (χ1n) is 9.07. The Bertz CT molecular complexity index is 594. The number of fused-ring (bicyclic) bond motifs is 1. The standard InChI is InChI=1S/C19H27N3O2/c1-2-10-20-11-13-21(14-12-20)19(24)15-22-17-8-4-3-6-16(17)7-5-9-18(22)23/h3-4,6,8H,2,5,7,9-15H2,1H3. The van der Waals surface area contributed by atoms with Gasteiger partial charge in [-0.05, 0) is 37.4 Å². The molecule has 2 aliphatic rings. The van der Waals surface area contributed by atoms with Crippen LogP contribution < -0.4 is 4.90 Å². The molecule has 0 aromatic heterocycles. The first-order valence-corrected chi connectivity index (χ1v) is 9.07. The van der Waals surface area contributed by atoms with E-state index in [4.69, 9.17) is 0 Å². The van der Waals surface area contributed by atoms with Gasteiger partial charge in [-0.2, -0.15) is 0 Å². The summed E-state index contributed by atoms with van der Waals surface area (Å²) in [6.45, 7) is 6.85. The Morgan fingerprint density at radius 2 is 1.83 bits per heavy atom. The number of anilines is 1. The molecule has 1 fully saturated rings. The van der Waals surface area contributed by atoms with Gasteiger partial charge in [0.05, 0.1) is 0 Å². The Labute approximate surface area is 144 Å². The van der Waals surface area contributed by atoms with Crippen LogP contribution in [0.1, 0.15) is 31.7 Å². The van der Waals surface area contributed by atoms with E-state index < -0.39 is 0 Å². The van der Waals surface area contributed by atoms with E-state index in [9.17, 15) is 9.59 Å². The van der Waals surface area contributed by atoms with Crippen LogP contribution in [0.4, 0.5) is 5.69 Å². The van der Waals surface area contributed by atoms with Crippen LogP contribution in [0.5, 0.6) is 0 Å². The molecule has 0 spiro atoms. The normalized spacial score (nSPS) is 19.1. The van der Waals surface area contributed by atoms with E-state index in [1.54, 1.807) is 4.90 Å². The number of carbonyl (C=O) groups excluding carboxylic acids is 2. The predicted molar refractivity (Wildman–Crippen MR) is 95.0 cm³/mol. The average molecular weight is 329 g/mol. The lowest BCUT2D eigenvalue weighted by molar-refractivity contribution is -0.133. The Balaban J connectivity index is 1.66. The molecular formula is C19H27N3O2. The van der Waals surface area contributed by atoms with Gasteiger partial charge in [0.15, 0.2) is 0 Å². The number of benzene rings is 1. The molecule has 0 aliphatic carbocycles. The van der Waals surface area contributed by atoms with Crippen LogP contribution in [0.15, 0.2) is 24.3 Å². The van der Waals surface area contributed by atoms with E-state index >= 15 is 0 Å². The first-order chi connectivity index (χ1) is 11.7. The Kier molecular flexibility index (Phi) is 5.51. The summed E-state index contributed by atoms with van der Waals surface area (Å²) < 4.78 is 0. The summed E-state index contributed by atoms with van der Waals surface area (Å²) in [5.41, 5.74) is 2.09.